The molecule has 1 aromatic carbocycles. The minimum absolute atomic E-state index is 0.175. The maximum atomic E-state index is 6.10. The highest BCUT2D eigenvalue weighted by atomic mass is 16.5. The van der Waals surface area contributed by atoms with E-state index in [9.17, 15) is 0 Å². The molecule has 2 N–H and O–H groups in total. The number of rotatable bonds is 7. The molecule has 25 heavy (non-hydrogen) atoms. The van der Waals surface area contributed by atoms with Crippen molar-refractivity contribution >= 4 is 5.96 Å². The number of aryl methyl sites for hydroxylation is 1. The molecule has 0 aromatic heterocycles. The molecule has 2 rings (SSSR count). The summed E-state index contributed by atoms with van der Waals surface area (Å²) in [5, 5.41) is 6.88. The van der Waals surface area contributed by atoms with Gasteiger partial charge in [-0.2, -0.15) is 0 Å². The van der Waals surface area contributed by atoms with E-state index in [0.29, 0.717) is 5.92 Å². The highest BCUT2D eigenvalue weighted by Gasteiger charge is 2.27. The van der Waals surface area contributed by atoms with Gasteiger partial charge in [-0.25, -0.2) is 0 Å². The molecule has 0 amide bonds. The average molecular weight is 347 g/mol. The van der Waals surface area contributed by atoms with Crippen molar-refractivity contribution in [2.45, 2.75) is 32.3 Å². The Morgan fingerprint density at radius 3 is 2.68 bits per heavy atom. The first-order valence-electron chi connectivity index (χ1n) is 9.37. The number of guanidine groups is 1. The van der Waals surface area contributed by atoms with Gasteiger partial charge >= 0.3 is 0 Å². The molecule has 5 heteroatoms. The number of hydrogen-bond donors (Lipinski definition) is 2. The SMILES string of the molecule is CN=C(NCCCN(C)C)NCC1CCCOC1c1ccc(C)cc1. The van der Waals surface area contributed by atoms with Crippen molar-refractivity contribution in [2.75, 3.05) is 47.4 Å². The van der Waals surface area contributed by atoms with Crippen LogP contribution in [0.25, 0.3) is 0 Å². The lowest BCUT2D eigenvalue weighted by Crippen LogP contribution is -2.42. The van der Waals surface area contributed by atoms with Gasteiger partial charge in [0, 0.05) is 32.7 Å². The maximum absolute atomic E-state index is 6.10. The molecular weight excluding hydrogens is 312 g/mol. The molecule has 1 aliphatic rings. The first kappa shape index (κ1) is 19.7. The van der Waals surface area contributed by atoms with Crippen LogP contribution in [-0.2, 0) is 4.74 Å². The fourth-order valence-electron chi connectivity index (χ4n) is 3.23. The van der Waals surface area contributed by atoms with Gasteiger partial charge in [0.2, 0.25) is 0 Å². The van der Waals surface area contributed by atoms with E-state index in [1.807, 2.05) is 7.05 Å². The topological polar surface area (TPSA) is 48.9 Å². The number of benzene rings is 1. The smallest absolute Gasteiger partial charge is 0.190 e. The van der Waals surface area contributed by atoms with Crippen LogP contribution in [0.2, 0.25) is 0 Å². The Kier molecular flexibility index (Phi) is 8.22. The fourth-order valence-corrected chi connectivity index (χ4v) is 3.23. The van der Waals surface area contributed by atoms with E-state index in [1.54, 1.807) is 0 Å². The van der Waals surface area contributed by atoms with Gasteiger partial charge in [-0.05, 0) is 52.4 Å². The number of aliphatic imine (C=N–C) groups is 1. The van der Waals surface area contributed by atoms with Gasteiger partial charge < -0.3 is 20.3 Å². The molecule has 1 heterocycles. The predicted molar refractivity (Wildman–Crippen MR) is 105 cm³/mol. The zero-order valence-electron chi connectivity index (χ0n) is 16.2. The van der Waals surface area contributed by atoms with Gasteiger partial charge in [0.05, 0.1) is 6.10 Å². The van der Waals surface area contributed by atoms with Crippen LogP contribution in [0.5, 0.6) is 0 Å². The van der Waals surface area contributed by atoms with Crippen molar-refractivity contribution in [3.05, 3.63) is 35.4 Å². The molecule has 0 bridgehead atoms. The third-order valence-corrected chi connectivity index (χ3v) is 4.68. The summed E-state index contributed by atoms with van der Waals surface area (Å²) in [7, 11) is 6.03. The molecule has 0 saturated carbocycles. The molecule has 1 aromatic rings. The summed E-state index contributed by atoms with van der Waals surface area (Å²) < 4.78 is 6.10. The summed E-state index contributed by atoms with van der Waals surface area (Å²) in [6.07, 6.45) is 3.59. The second kappa shape index (κ2) is 10.4. The Balaban J connectivity index is 1.84. The lowest BCUT2D eigenvalue weighted by Gasteiger charge is -2.32. The summed E-state index contributed by atoms with van der Waals surface area (Å²) >= 11 is 0. The highest BCUT2D eigenvalue weighted by molar-refractivity contribution is 5.79. The van der Waals surface area contributed by atoms with E-state index in [0.717, 1.165) is 45.0 Å². The van der Waals surface area contributed by atoms with Crippen LogP contribution < -0.4 is 10.6 Å². The maximum Gasteiger partial charge on any atom is 0.190 e. The summed E-state index contributed by atoms with van der Waals surface area (Å²) in [6, 6.07) is 8.74. The largest absolute Gasteiger partial charge is 0.373 e. The first-order valence-corrected chi connectivity index (χ1v) is 9.37. The van der Waals surface area contributed by atoms with Gasteiger partial charge in [-0.3, -0.25) is 4.99 Å². The Morgan fingerprint density at radius 1 is 1.24 bits per heavy atom. The Bertz CT molecular complexity index is 527. The van der Waals surface area contributed by atoms with Crippen LogP contribution in [0.1, 0.15) is 36.5 Å². The first-order chi connectivity index (χ1) is 12.1. The van der Waals surface area contributed by atoms with E-state index in [2.05, 4.69) is 65.8 Å². The number of nitrogens with one attached hydrogen (secondary N) is 2. The lowest BCUT2D eigenvalue weighted by molar-refractivity contribution is -0.0265. The second-order valence-electron chi connectivity index (χ2n) is 7.14. The van der Waals surface area contributed by atoms with E-state index >= 15 is 0 Å². The molecular formula is C20H34N4O. The van der Waals surface area contributed by atoms with Crippen LogP contribution >= 0.6 is 0 Å². The van der Waals surface area contributed by atoms with E-state index in [4.69, 9.17) is 4.74 Å². The molecule has 0 aliphatic carbocycles. The summed E-state index contributed by atoms with van der Waals surface area (Å²) in [5.74, 6) is 1.35. The van der Waals surface area contributed by atoms with Crippen LogP contribution in [0, 0.1) is 12.8 Å². The molecule has 5 nitrogen and oxygen atoms in total. The molecule has 1 saturated heterocycles. The normalized spacial score (nSPS) is 21.4. The molecule has 0 radical (unpaired) electrons. The van der Waals surface area contributed by atoms with Crippen molar-refractivity contribution in [1.29, 1.82) is 0 Å². The van der Waals surface area contributed by atoms with Crippen LogP contribution in [0.15, 0.2) is 29.3 Å². The molecule has 2 unspecified atom stereocenters. The van der Waals surface area contributed by atoms with Crippen LogP contribution in [-0.4, -0.2) is 58.2 Å². The quantitative estimate of drug-likeness (QED) is 0.453. The zero-order chi connectivity index (χ0) is 18.1. The van der Waals surface area contributed by atoms with Crippen molar-refractivity contribution in [3.8, 4) is 0 Å². The van der Waals surface area contributed by atoms with E-state index in [1.165, 1.54) is 17.5 Å². The van der Waals surface area contributed by atoms with Gasteiger partial charge in [0.15, 0.2) is 5.96 Å². The monoisotopic (exact) mass is 346 g/mol. The van der Waals surface area contributed by atoms with Gasteiger partial charge in [-0.15, -0.1) is 0 Å². The van der Waals surface area contributed by atoms with Crippen LogP contribution in [0.3, 0.4) is 0 Å². The Labute approximate surface area is 152 Å². The third kappa shape index (κ3) is 6.67. The van der Waals surface area contributed by atoms with Crippen LogP contribution in [0.4, 0.5) is 0 Å². The van der Waals surface area contributed by atoms with E-state index < -0.39 is 0 Å². The van der Waals surface area contributed by atoms with Crippen molar-refractivity contribution in [3.63, 3.8) is 0 Å². The average Bonchev–Trinajstić information content (AvgIpc) is 2.62. The van der Waals surface area contributed by atoms with Crippen molar-refractivity contribution < 1.29 is 4.74 Å². The van der Waals surface area contributed by atoms with Crippen molar-refractivity contribution in [1.82, 2.24) is 15.5 Å². The Morgan fingerprint density at radius 2 is 2.00 bits per heavy atom. The van der Waals surface area contributed by atoms with E-state index in [-0.39, 0.29) is 6.10 Å². The Hall–Kier alpha value is -1.59. The number of nitrogens with zero attached hydrogens (tertiary/aromatic N) is 2. The van der Waals surface area contributed by atoms with Gasteiger partial charge in [0.25, 0.3) is 0 Å². The van der Waals surface area contributed by atoms with Gasteiger partial charge in [-0.1, -0.05) is 29.8 Å². The minimum Gasteiger partial charge on any atom is -0.373 e. The van der Waals surface area contributed by atoms with Crippen molar-refractivity contribution in [2.24, 2.45) is 10.9 Å². The number of ether oxygens (including phenoxy) is 1. The lowest BCUT2D eigenvalue weighted by atomic mass is 9.89. The summed E-state index contributed by atoms with van der Waals surface area (Å²) in [6.45, 7) is 5.87. The van der Waals surface area contributed by atoms with Gasteiger partial charge in [0.1, 0.15) is 0 Å². The second-order valence-corrected chi connectivity index (χ2v) is 7.14. The molecule has 2 atom stereocenters. The standard InChI is InChI=1S/C20H34N4O/c1-16-8-10-17(11-9-16)19-18(7-5-14-25-19)15-23-20(21-2)22-12-6-13-24(3)4/h8-11,18-19H,5-7,12-15H2,1-4H3,(H2,21,22,23). The molecule has 0 spiro atoms. The molecule has 1 fully saturated rings. The highest BCUT2D eigenvalue weighted by Crippen LogP contribution is 2.33. The number of hydrogen-bond acceptors (Lipinski definition) is 3. The molecule has 1 aliphatic heterocycles. The fraction of sp³-hybridized carbons (Fsp3) is 0.650. The molecule has 140 valence electrons. The minimum atomic E-state index is 0.175. The zero-order valence-corrected chi connectivity index (χ0v) is 16.2. The predicted octanol–water partition coefficient (Wildman–Crippen LogP) is 2.58. The summed E-state index contributed by atoms with van der Waals surface area (Å²) in [5.41, 5.74) is 2.57. The summed E-state index contributed by atoms with van der Waals surface area (Å²) in [4.78, 5) is 6.54. The third-order valence-electron chi connectivity index (χ3n) is 4.68.